The van der Waals surface area contributed by atoms with Crippen LogP contribution in [-0.4, -0.2) is 62.6 Å². The van der Waals surface area contributed by atoms with E-state index in [1.54, 1.807) is 31.1 Å². The third-order valence-corrected chi connectivity index (χ3v) is 6.35. The highest BCUT2D eigenvalue weighted by Crippen LogP contribution is 2.25. The molecule has 1 aliphatic heterocycles. The predicted molar refractivity (Wildman–Crippen MR) is 89.4 cm³/mol. The van der Waals surface area contributed by atoms with Gasteiger partial charge in [-0.3, -0.25) is 4.79 Å². The molecule has 2 rings (SSSR count). The van der Waals surface area contributed by atoms with Crippen LogP contribution in [0, 0.1) is 13.8 Å². The molecule has 1 aromatic carbocycles. The van der Waals surface area contributed by atoms with Crippen LogP contribution in [0.5, 0.6) is 5.75 Å². The largest absolute Gasteiger partial charge is 0.496 e. The molecule has 1 heterocycles. The lowest BCUT2D eigenvalue weighted by atomic mass is 10.0. The van der Waals surface area contributed by atoms with Crippen LogP contribution in [0.4, 0.5) is 0 Å². The van der Waals surface area contributed by atoms with Crippen molar-refractivity contribution in [3.8, 4) is 5.75 Å². The van der Waals surface area contributed by atoms with Gasteiger partial charge in [0.05, 0.1) is 12.9 Å². The first kappa shape index (κ1) is 17.7. The number of carbonyl (C=O) groups is 1. The van der Waals surface area contributed by atoms with Crippen LogP contribution in [-0.2, 0) is 10.0 Å². The van der Waals surface area contributed by atoms with E-state index in [0.717, 1.165) is 16.9 Å². The smallest absolute Gasteiger partial charge is 0.254 e. The van der Waals surface area contributed by atoms with Crippen LogP contribution >= 0.6 is 0 Å². The second kappa shape index (κ2) is 6.88. The van der Waals surface area contributed by atoms with Crippen molar-refractivity contribution in [3.05, 3.63) is 28.8 Å². The summed E-state index contributed by atoms with van der Waals surface area (Å²) in [5.74, 6) is 0.803. The molecule has 0 aromatic heterocycles. The van der Waals surface area contributed by atoms with E-state index >= 15 is 0 Å². The molecule has 0 radical (unpaired) electrons. The van der Waals surface area contributed by atoms with E-state index in [-0.39, 0.29) is 11.7 Å². The van der Waals surface area contributed by atoms with Gasteiger partial charge in [0.15, 0.2) is 0 Å². The molecule has 7 heteroatoms. The highest BCUT2D eigenvalue weighted by Gasteiger charge is 2.28. The van der Waals surface area contributed by atoms with Crippen molar-refractivity contribution in [3.63, 3.8) is 0 Å². The molecule has 1 aromatic rings. The summed E-state index contributed by atoms with van der Waals surface area (Å²) in [5.41, 5.74) is 2.50. The second-order valence-electron chi connectivity index (χ2n) is 5.66. The van der Waals surface area contributed by atoms with Gasteiger partial charge in [0, 0.05) is 31.7 Å². The van der Waals surface area contributed by atoms with Gasteiger partial charge in [-0.1, -0.05) is 0 Å². The number of ether oxygens (including phenoxy) is 1. The maximum atomic E-state index is 12.7. The maximum Gasteiger partial charge on any atom is 0.254 e. The minimum absolute atomic E-state index is 0.0539. The van der Waals surface area contributed by atoms with E-state index in [9.17, 15) is 13.2 Å². The van der Waals surface area contributed by atoms with Gasteiger partial charge in [0.25, 0.3) is 5.91 Å². The third kappa shape index (κ3) is 3.50. The van der Waals surface area contributed by atoms with Crippen LogP contribution in [0.1, 0.15) is 28.4 Å². The van der Waals surface area contributed by atoms with E-state index in [4.69, 9.17) is 4.74 Å². The monoisotopic (exact) mass is 340 g/mol. The Kier molecular flexibility index (Phi) is 5.31. The minimum atomic E-state index is -3.18. The van der Waals surface area contributed by atoms with Gasteiger partial charge in [-0.15, -0.1) is 0 Å². The first-order valence-electron chi connectivity index (χ1n) is 7.73. The van der Waals surface area contributed by atoms with Crippen molar-refractivity contribution >= 4 is 15.9 Å². The fraction of sp³-hybridized carbons (Fsp3) is 0.562. The molecule has 1 aliphatic rings. The average molecular weight is 340 g/mol. The quantitative estimate of drug-likeness (QED) is 0.831. The van der Waals surface area contributed by atoms with Crippen molar-refractivity contribution in [1.82, 2.24) is 9.21 Å². The molecular formula is C16H24N2O4S. The summed E-state index contributed by atoms with van der Waals surface area (Å²) in [4.78, 5) is 14.4. The number of rotatable bonds is 4. The first-order chi connectivity index (χ1) is 10.8. The number of hydrogen-bond acceptors (Lipinski definition) is 4. The molecule has 0 atom stereocenters. The molecule has 1 amide bonds. The molecular weight excluding hydrogens is 316 g/mol. The fourth-order valence-corrected chi connectivity index (χ4v) is 3.86. The highest BCUT2D eigenvalue weighted by atomic mass is 32.2. The number of benzene rings is 1. The number of amides is 1. The number of methoxy groups -OCH3 is 1. The van der Waals surface area contributed by atoms with Crippen molar-refractivity contribution in [2.75, 3.05) is 39.0 Å². The lowest BCUT2D eigenvalue weighted by molar-refractivity contribution is 0.0697. The van der Waals surface area contributed by atoms with E-state index < -0.39 is 10.0 Å². The summed E-state index contributed by atoms with van der Waals surface area (Å²) >= 11 is 0. The zero-order valence-corrected chi connectivity index (χ0v) is 14.9. The molecule has 0 unspecified atom stereocenters. The van der Waals surface area contributed by atoms with Crippen molar-refractivity contribution in [1.29, 1.82) is 0 Å². The number of piperazine rings is 1. The number of nitrogens with zero attached hydrogens (tertiary/aromatic N) is 2. The van der Waals surface area contributed by atoms with Crippen LogP contribution < -0.4 is 4.74 Å². The van der Waals surface area contributed by atoms with Crippen LogP contribution in [0.15, 0.2) is 12.1 Å². The van der Waals surface area contributed by atoms with Crippen LogP contribution in [0.3, 0.4) is 0 Å². The number of hydrogen-bond donors (Lipinski definition) is 0. The van der Waals surface area contributed by atoms with Crippen LogP contribution in [0.25, 0.3) is 0 Å². The Labute approximate surface area is 138 Å². The molecule has 0 bridgehead atoms. The van der Waals surface area contributed by atoms with E-state index in [1.165, 1.54) is 4.31 Å². The van der Waals surface area contributed by atoms with Gasteiger partial charge in [0.2, 0.25) is 10.0 Å². The number of sulfonamides is 1. The predicted octanol–water partition coefficient (Wildman–Crippen LogP) is 1.42. The molecule has 0 aliphatic carbocycles. The summed E-state index contributed by atoms with van der Waals surface area (Å²) in [6, 6.07) is 3.58. The standard InChI is InChI=1S/C16H24N2O4S/c1-5-23(20,21)18-10-8-17(9-11-18)16(19)14-6-7-15(22-4)13(3)12(14)2/h6-7H,5,8-11H2,1-4H3. The van der Waals surface area contributed by atoms with Crippen molar-refractivity contribution < 1.29 is 17.9 Å². The second-order valence-corrected chi connectivity index (χ2v) is 7.91. The van der Waals surface area contributed by atoms with Crippen LogP contribution in [0.2, 0.25) is 0 Å². The lowest BCUT2D eigenvalue weighted by Crippen LogP contribution is -2.51. The van der Waals surface area contributed by atoms with Gasteiger partial charge in [-0.05, 0) is 44.0 Å². The SMILES string of the molecule is CCS(=O)(=O)N1CCN(C(=O)c2ccc(OC)c(C)c2C)CC1. The normalized spacial score (nSPS) is 16.4. The average Bonchev–Trinajstić information content (AvgIpc) is 2.57. The van der Waals surface area contributed by atoms with Crippen molar-refractivity contribution in [2.45, 2.75) is 20.8 Å². The van der Waals surface area contributed by atoms with Gasteiger partial charge >= 0.3 is 0 Å². The Bertz CT molecular complexity index is 692. The molecule has 1 saturated heterocycles. The molecule has 1 fully saturated rings. The minimum Gasteiger partial charge on any atom is -0.496 e. The van der Waals surface area contributed by atoms with Crippen molar-refractivity contribution in [2.24, 2.45) is 0 Å². The molecule has 0 N–H and O–H groups in total. The zero-order chi connectivity index (χ0) is 17.2. The Balaban J connectivity index is 2.13. The van der Waals surface area contributed by atoms with E-state index in [0.29, 0.717) is 31.7 Å². The van der Waals surface area contributed by atoms with Gasteiger partial charge < -0.3 is 9.64 Å². The Hall–Kier alpha value is -1.60. The Morgan fingerprint density at radius 3 is 2.26 bits per heavy atom. The molecule has 0 saturated carbocycles. The topological polar surface area (TPSA) is 66.9 Å². The summed E-state index contributed by atoms with van der Waals surface area (Å²) in [5, 5.41) is 0. The molecule has 23 heavy (non-hydrogen) atoms. The highest BCUT2D eigenvalue weighted by molar-refractivity contribution is 7.89. The number of carbonyl (C=O) groups excluding carboxylic acids is 1. The van der Waals surface area contributed by atoms with Gasteiger partial charge in [-0.2, -0.15) is 4.31 Å². The third-order valence-electron chi connectivity index (χ3n) is 4.47. The molecule has 0 spiro atoms. The van der Waals surface area contributed by atoms with E-state index in [2.05, 4.69) is 0 Å². The first-order valence-corrected chi connectivity index (χ1v) is 9.34. The Morgan fingerprint density at radius 1 is 1.13 bits per heavy atom. The molecule has 128 valence electrons. The maximum absolute atomic E-state index is 12.7. The zero-order valence-electron chi connectivity index (χ0n) is 14.1. The van der Waals surface area contributed by atoms with Gasteiger partial charge in [0.1, 0.15) is 5.75 Å². The fourth-order valence-electron chi connectivity index (χ4n) is 2.77. The summed E-state index contributed by atoms with van der Waals surface area (Å²) < 4.78 is 30.5. The molecule has 6 nitrogen and oxygen atoms in total. The lowest BCUT2D eigenvalue weighted by Gasteiger charge is -2.34. The summed E-state index contributed by atoms with van der Waals surface area (Å²) in [6.45, 7) is 7.02. The Morgan fingerprint density at radius 2 is 1.74 bits per heavy atom. The van der Waals surface area contributed by atoms with Gasteiger partial charge in [-0.25, -0.2) is 8.42 Å². The summed E-state index contributed by atoms with van der Waals surface area (Å²) in [6.07, 6.45) is 0. The summed E-state index contributed by atoms with van der Waals surface area (Å²) in [7, 11) is -1.57. The van der Waals surface area contributed by atoms with E-state index in [1.807, 2.05) is 13.8 Å².